The average molecular weight is 390 g/mol. The van der Waals surface area contributed by atoms with E-state index < -0.39 is 17.8 Å². The first-order valence-electron chi connectivity index (χ1n) is 8.23. The smallest absolute Gasteiger partial charge is 0.416 e. The van der Waals surface area contributed by atoms with Crippen LogP contribution in [0.4, 0.5) is 13.2 Å². The first-order chi connectivity index (χ1) is 13.4. The predicted octanol–water partition coefficient (Wildman–Crippen LogP) is 1.98. The van der Waals surface area contributed by atoms with Gasteiger partial charge in [0.15, 0.2) is 0 Å². The standard InChI is InChI=1S/C17H13F3N6O2/c18-17(19,20)12-4-5-21-15(7-12)28-14-8-25(9-14)16(27)11-2-1-3-13(6-11)26-10-22-23-24-26/h1-7,10,14H,8-9H2. The summed E-state index contributed by atoms with van der Waals surface area (Å²) in [4.78, 5) is 17.9. The van der Waals surface area contributed by atoms with E-state index >= 15 is 0 Å². The molecular formula is C17H13F3N6O2. The van der Waals surface area contributed by atoms with Crippen LogP contribution in [-0.2, 0) is 6.18 Å². The maximum absolute atomic E-state index is 12.7. The number of amides is 1. The minimum Gasteiger partial charge on any atom is -0.471 e. The lowest BCUT2D eigenvalue weighted by Crippen LogP contribution is -2.56. The molecule has 0 unspecified atom stereocenters. The van der Waals surface area contributed by atoms with Gasteiger partial charge in [-0.25, -0.2) is 9.67 Å². The topological polar surface area (TPSA) is 86.0 Å². The molecule has 1 amide bonds. The number of aromatic nitrogens is 5. The maximum atomic E-state index is 12.7. The molecule has 1 fully saturated rings. The normalized spacial score (nSPS) is 14.6. The molecule has 0 bridgehead atoms. The minimum atomic E-state index is -4.46. The van der Waals surface area contributed by atoms with E-state index in [0.29, 0.717) is 11.3 Å². The first kappa shape index (κ1) is 17.9. The molecule has 0 atom stereocenters. The molecule has 8 nitrogen and oxygen atoms in total. The van der Waals surface area contributed by atoms with Crippen LogP contribution < -0.4 is 4.74 Å². The number of hydrogen-bond donors (Lipinski definition) is 0. The molecule has 3 aromatic rings. The molecule has 1 aromatic carbocycles. The third kappa shape index (κ3) is 3.63. The highest BCUT2D eigenvalue weighted by Crippen LogP contribution is 2.31. The quantitative estimate of drug-likeness (QED) is 0.677. The number of nitrogens with zero attached hydrogens (tertiary/aromatic N) is 6. The number of rotatable bonds is 4. The largest absolute Gasteiger partial charge is 0.471 e. The van der Waals surface area contributed by atoms with Gasteiger partial charge in [-0.05, 0) is 34.7 Å². The summed E-state index contributed by atoms with van der Waals surface area (Å²) < 4.78 is 45.1. The molecule has 28 heavy (non-hydrogen) atoms. The van der Waals surface area contributed by atoms with Gasteiger partial charge in [-0.1, -0.05) is 6.07 Å². The summed E-state index contributed by atoms with van der Waals surface area (Å²) in [7, 11) is 0. The second-order valence-corrected chi connectivity index (χ2v) is 6.14. The number of carbonyl (C=O) groups excluding carboxylic acids is 1. The Morgan fingerprint density at radius 2 is 2.00 bits per heavy atom. The molecule has 0 aliphatic carbocycles. The third-order valence-electron chi connectivity index (χ3n) is 4.19. The molecule has 11 heteroatoms. The lowest BCUT2D eigenvalue weighted by Gasteiger charge is -2.38. The summed E-state index contributed by atoms with van der Waals surface area (Å²) in [5.41, 5.74) is 0.255. The molecule has 1 saturated heterocycles. The van der Waals surface area contributed by atoms with Crippen molar-refractivity contribution in [1.82, 2.24) is 30.1 Å². The number of hydrogen-bond acceptors (Lipinski definition) is 6. The molecule has 0 N–H and O–H groups in total. The van der Waals surface area contributed by atoms with Crippen molar-refractivity contribution in [3.8, 4) is 11.6 Å². The van der Waals surface area contributed by atoms with Crippen molar-refractivity contribution in [1.29, 1.82) is 0 Å². The van der Waals surface area contributed by atoms with Crippen molar-refractivity contribution < 1.29 is 22.7 Å². The highest BCUT2D eigenvalue weighted by Gasteiger charge is 2.35. The Labute approximate surface area is 156 Å². The molecule has 4 rings (SSSR count). The van der Waals surface area contributed by atoms with Crippen LogP contribution in [0.2, 0.25) is 0 Å². The van der Waals surface area contributed by atoms with Crippen LogP contribution in [0.3, 0.4) is 0 Å². The van der Waals surface area contributed by atoms with Gasteiger partial charge in [0.05, 0.1) is 24.3 Å². The fourth-order valence-electron chi connectivity index (χ4n) is 2.74. The van der Waals surface area contributed by atoms with Gasteiger partial charge in [-0.3, -0.25) is 4.79 Å². The highest BCUT2D eigenvalue weighted by atomic mass is 19.4. The number of ether oxygens (including phenoxy) is 1. The van der Waals surface area contributed by atoms with Crippen molar-refractivity contribution in [3.05, 3.63) is 60.0 Å². The van der Waals surface area contributed by atoms with E-state index in [4.69, 9.17) is 4.74 Å². The maximum Gasteiger partial charge on any atom is 0.416 e. The lowest BCUT2D eigenvalue weighted by molar-refractivity contribution is -0.137. The predicted molar refractivity (Wildman–Crippen MR) is 88.7 cm³/mol. The van der Waals surface area contributed by atoms with Crippen LogP contribution in [0.15, 0.2) is 48.9 Å². The number of alkyl halides is 3. The monoisotopic (exact) mass is 390 g/mol. The summed E-state index contributed by atoms with van der Waals surface area (Å²) in [6.45, 7) is 0.512. The van der Waals surface area contributed by atoms with Gasteiger partial charge >= 0.3 is 6.18 Å². The average Bonchev–Trinajstić information content (AvgIpc) is 3.18. The number of halogens is 3. The van der Waals surface area contributed by atoms with Crippen LogP contribution in [0, 0.1) is 0 Å². The highest BCUT2D eigenvalue weighted by molar-refractivity contribution is 5.95. The third-order valence-corrected chi connectivity index (χ3v) is 4.19. The van der Waals surface area contributed by atoms with E-state index in [1.54, 1.807) is 24.3 Å². The molecular weight excluding hydrogens is 377 g/mol. The van der Waals surface area contributed by atoms with Gasteiger partial charge in [-0.15, -0.1) is 5.10 Å². The number of carbonyl (C=O) groups is 1. The van der Waals surface area contributed by atoms with E-state index in [1.807, 2.05) is 0 Å². The van der Waals surface area contributed by atoms with Gasteiger partial charge in [0.2, 0.25) is 5.88 Å². The van der Waals surface area contributed by atoms with E-state index in [9.17, 15) is 18.0 Å². The molecule has 0 spiro atoms. The van der Waals surface area contributed by atoms with Gasteiger partial charge in [0.1, 0.15) is 12.4 Å². The molecule has 0 radical (unpaired) electrons. The number of tetrazole rings is 1. The van der Waals surface area contributed by atoms with Crippen molar-refractivity contribution in [2.45, 2.75) is 12.3 Å². The van der Waals surface area contributed by atoms with E-state index in [-0.39, 0.29) is 24.9 Å². The fourth-order valence-corrected chi connectivity index (χ4v) is 2.74. The zero-order valence-corrected chi connectivity index (χ0v) is 14.2. The Balaban J connectivity index is 1.38. The Morgan fingerprint density at radius 3 is 2.71 bits per heavy atom. The van der Waals surface area contributed by atoms with Crippen molar-refractivity contribution >= 4 is 5.91 Å². The van der Waals surface area contributed by atoms with Crippen molar-refractivity contribution in [2.24, 2.45) is 0 Å². The van der Waals surface area contributed by atoms with E-state index in [1.165, 1.54) is 15.9 Å². The first-order valence-corrected chi connectivity index (χ1v) is 8.23. The summed E-state index contributed by atoms with van der Waals surface area (Å²) in [5, 5.41) is 10.9. The SMILES string of the molecule is O=C(c1cccc(-n2cnnn2)c1)N1CC(Oc2cc(C(F)(F)F)ccn2)C1. The van der Waals surface area contributed by atoms with Crippen LogP contribution in [0.5, 0.6) is 5.88 Å². The number of pyridine rings is 1. The summed E-state index contributed by atoms with van der Waals surface area (Å²) in [6.07, 6.45) is -2.42. The fraction of sp³-hybridized carbons (Fsp3) is 0.235. The Kier molecular flexibility index (Phi) is 4.41. The van der Waals surface area contributed by atoms with Gasteiger partial charge < -0.3 is 9.64 Å². The van der Waals surface area contributed by atoms with Gasteiger partial charge in [0, 0.05) is 17.8 Å². The molecule has 2 aromatic heterocycles. The number of likely N-dealkylation sites (tertiary alicyclic amines) is 1. The zero-order chi connectivity index (χ0) is 19.7. The molecule has 3 heterocycles. The van der Waals surface area contributed by atoms with Crippen LogP contribution >= 0.6 is 0 Å². The van der Waals surface area contributed by atoms with Crippen molar-refractivity contribution in [3.63, 3.8) is 0 Å². The van der Waals surface area contributed by atoms with Crippen molar-refractivity contribution in [2.75, 3.05) is 13.1 Å². The Bertz CT molecular complexity index is 987. The number of benzene rings is 1. The van der Waals surface area contributed by atoms with E-state index in [0.717, 1.165) is 18.3 Å². The Morgan fingerprint density at radius 1 is 1.18 bits per heavy atom. The van der Waals surface area contributed by atoms with Gasteiger partial charge in [0.25, 0.3) is 5.91 Å². The molecule has 1 aliphatic heterocycles. The summed E-state index contributed by atoms with van der Waals surface area (Å²) >= 11 is 0. The van der Waals surface area contributed by atoms with Gasteiger partial charge in [-0.2, -0.15) is 13.2 Å². The second kappa shape index (κ2) is 6.91. The lowest BCUT2D eigenvalue weighted by atomic mass is 10.1. The molecule has 1 aliphatic rings. The van der Waals surface area contributed by atoms with Crippen LogP contribution in [-0.4, -0.2) is 55.2 Å². The van der Waals surface area contributed by atoms with Crippen LogP contribution in [0.1, 0.15) is 15.9 Å². The molecule has 144 valence electrons. The van der Waals surface area contributed by atoms with E-state index in [2.05, 4.69) is 20.5 Å². The molecule has 0 saturated carbocycles. The minimum absolute atomic E-state index is 0.118. The summed E-state index contributed by atoms with van der Waals surface area (Å²) in [5.74, 6) is -0.334. The zero-order valence-electron chi connectivity index (χ0n) is 14.2. The Hall–Kier alpha value is -3.50. The summed E-state index contributed by atoms with van der Waals surface area (Å²) in [6, 6.07) is 8.51. The van der Waals surface area contributed by atoms with Crippen LogP contribution in [0.25, 0.3) is 5.69 Å². The second-order valence-electron chi connectivity index (χ2n) is 6.14.